The van der Waals surface area contributed by atoms with Gasteiger partial charge >= 0.3 is 0 Å². The fourth-order valence-electron chi connectivity index (χ4n) is 5.07. The van der Waals surface area contributed by atoms with Crippen LogP contribution < -0.4 is 0 Å². The zero-order chi connectivity index (χ0) is 16.8. The van der Waals surface area contributed by atoms with E-state index < -0.39 is 0 Å². The minimum Gasteiger partial charge on any atom is -0.0678 e. The van der Waals surface area contributed by atoms with Crippen LogP contribution in [-0.2, 0) is 0 Å². The van der Waals surface area contributed by atoms with Crippen molar-refractivity contribution in [2.24, 2.45) is 11.3 Å². The molecule has 0 N–H and O–H groups in total. The van der Waals surface area contributed by atoms with E-state index in [9.17, 15) is 0 Å². The third-order valence-electron chi connectivity index (χ3n) is 6.51. The summed E-state index contributed by atoms with van der Waals surface area (Å²) in [4.78, 5) is 0. The molecular formula is C22H40. The Bertz CT molecular complexity index is 404. The Kier molecular flexibility index (Phi) is 7.94. The van der Waals surface area contributed by atoms with Crippen molar-refractivity contribution in [1.82, 2.24) is 0 Å². The molecule has 0 saturated carbocycles. The second-order valence-corrected chi connectivity index (χ2v) is 7.10. The smallest absolute Gasteiger partial charge is 0.00849 e. The van der Waals surface area contributed by atoms with Crippen LogP contribution in [0.5, 0.6) is 0 Å². The van der Waals surface area contributed by atoms with E-state index in [0.29, 0.717) is 5.41 Å². The van der Waals surface area contributed by atoms with Crippen molar-refractivity contribution in [3.63, 3.8) is 0 Å². The SMILES string of the molecule is CC/C1=C(\CC)C(CC)CC(CC)(CC)/C(CC)=C(\CC)C1. The first-order valence-corrected chi connectivity index (χ1v) is 9.99. The minimum absolute atomic E-state index is 0.459. The summed E-state index contributed by atoms with van der Waals surface area (Å²) in [6.45, 7) is 16.8. The van der Waals surface area contributed by atoms with Crippen molar-refractivity contribution in [2.45, 2.75) is 106 Å². The first-order valence-electron chi connectivity index (χ1n) is 9.99. The summed E-state index contributed by atoms with van der Waals surface area (Å²) >= 11 is 0. The predicted octanol–water partition coefficient (Wildman–Crippen LogP) is 7.85. The van der Waals surface area contributed by atoms with Gasteiger partial charge in [-0.15, -0.1) is 0 Å². The summed E-state index contributed by atoms with van der Waals surface area (Å²) in [6.07, 6.45) is 11.6. The Labute approximate surface area is 140 Å². The Hall–Kier alpha value is -0.520. The monoisotopic (exact) mass is 304 g/mol. The van der Waals surface area contributed by atoms with Crippen LogP contribution in [0, 0.1) is 11.3 Å². The van der Waals surface area contributed by atoms with Gasteiger partial charge in [0.05, 0.1) is 0 Å². The molecule has 0 nitrogen and oxygen atoms in total. The summed E-state index contributed by atoms with van der Waals surface area (Å²) in [5.41, 5.74) is 7.61. The van der Waals surface area contributed by atoms with E-state index in [1.807, 2.05) is 5.57 Å². The average Bonchev–Trinajstić information content (AvgIpc) is 2.55. The molecule has 0 heterocycles. The van der Waals surface area contributed by atoms with Gasteiger partial charge in [-0.05, 0) is 69.1 Å². The van der Waals surface area contributed by atoms with Crippen LogP contribution >= 0.6 is 0 Å². The maximum atomic E-state index is 2.43. The Morgan fingerprint density at radius 2 is 1.36 bits per heavy atom. The molecule has 1 aliphatic carbocycles. The van der Waals surface area contributed by atoms with Gasteiger partial charge in [0, 0.05) is 0 Å². The van der Waals surface area contributed by atoms with Crippen molar-refractivity contribution in [3.8, 4) is 0 Å². The zero-order valence-corrected chi connectivity index (χ0v) is 16.4. The molecule has 0 amide bonds. The standard InChI is InChI=1S/C22H40/c1-8-17-15-18(9-2)21(12-5)22(13-6,14-7)16-19(10-3)20(17)11-4/h19H,8-16H2,1-7H3/b20-17-,21-18+. The molecule has 0 heteroatoms. The fourth-order valence-corrected chi connectivity index (χ4v) is 5.07. The highest BCUT2D eigenvalue weighted by Gasteiger charge is 2.36. The summed E-state index contributed by atoms with van der Waals surface area (Å²) in [7, 11) is 0. The van der Waals surface area contributed by atoms with Gasteiger partial charge in [0.1, 0.15) is 0 Å². The molecule has 22 heavy (non-hydrogen) atoms. The molecule has 0 aromatic carbocycles. The molecule has 1 rings (SSSR count). The van der Waals surface area contributed by atoms with Gasteiger partial charge in [-0.2, -0.15) is 0 Å². The van der Waals surface area contributed by atoms with Crippen LogP contribution in [0.1, 0.15) is 106 Å². The van der Waals surface area contributed by atoms with E-state index in [0.717, 1.165) is 5.92 Å². The lowest BCUT2D eigenvalue weighted by atomic mass is 9.63. The van der Waals surface area contributed by atoms with Crippen LogP contribution in [0.15, 0.2) is 22.3 Å². The highest BCUT2D eigenvalue weighted by Crippen LogP contribution is 2.50. The van der Waals surface area contributed by atoms with Gasteiger partial charge in [-0.1, -0.05) is 70.8 Å². The number of hydrogen-bond donors (Lipinski definition) is 0. The quantitative estimate of drug-likeness (QED) is 0.420. The molecule has 0 aliphatic heterocycles. The molecular weight excluding hydrogens is 264 g/mol. The lowest BCUT2D eigenvalue weighted by Gasteiger charge is -2.42. The molecule has 0 saturated heterocycles. The molecule has 0 fully saturated rings. The zero-order valence-electron chi connectivity index (χ0n) is 16.4. The molecule has 128 valence electrons. The Morgan fingerprint density at radius 3 is 1.73 bits per heavy atom. The van der Waals surface area contributed by atoms with Crippen molar-refractivity contribution in [1.29, 1.82) is 0 Å². The van der Waals surface area contributed by atoms with Crippen LogP contribution in [-0.4, -0.2) is 0 Å². The van der Waals surface area contributed by atoms with Crippen LogP contribution in [0.4, 0.5) is 0 Å². The first-order chi connectivity index (χ1) is 10.6. The second-order valence-electron chi connectivity index (χ2n) is 7.10. The van der Waals surface area contributed by atoms with Gasteiger partial charge in [0.25, 0.3) is 0 Å². The number of hydrogen-bond acceptors (Lipinski definition) is 0. The van der Waals surface area contributed by atoms with Gasteiger partial charge in [0.15, 0.2) is 0 Å². The molecule has 0 aromatic rings. The lowest BCUT2D eigenvalue weighted by Crippen LogP contribution is -2.29. The maximum Gasteiger partial charge on any atom is -0.00849 e. The highest BCUT2D eigenvalue weighted by atomic mass is 14.4. The molecule has 1 unspecified atom stereocenters. The largest absolute Gasteiger partial charge is 0.0678 e. The maximum absolute atomic E-state index is 2.43. The van der Waals surface area contributed by atoms with Crippen molar-refractivity contribution >= 4 is 0 Å². The topological polar surface area (TPSA) is 0 Å². The van der Waals surface area contributed by atoms with Crippen molar-refractivity contribution in [3.05, 3.63) is 22.3 Å². The van der Waals surface area contributed by atoms with E-state index >= 15 is 0 Å². The van der Waals surface area contributed by atoms with Crippen molar-refractivity contribution in [2.75, 3.05) is 0 Å². The summed E-state index contributed by atoms with van der Waals surface area (Å²) < 4.78 is 0. The van der Waals surface area contributed by atoms with Gasteiger partial charge in [-0.3, -0.25) is 0 Å². The van der Waals surface area contributed by atoms with E-state index in [2.05, 4.69) is 48.5 Å². The van der Waals surface area contributed by atoms with Gasteiger partial charge in [-0.25, -0.2) is 0 Å². The van der Waals surface area contributed by atoms with E-state index in [4.69, 9.17) is 0 Å². The fraction of sp³-hybridized carbons (Fsp3) is 0.818. The van der Waals surface area contributed by atoms with Gasteiger partial charge < -0.3 is 0 Å². The summed E-state index contributed by atoms with van der Waals surface area (Å²) in [5, 5.41) is 0. The molecule has 1 atom stereocenters. The van der Waals surface area contributed by atoms with E-state index in [1.54, 1.807) is 16.7 Å². The Balaban J connectivity index is 3.52. The lowest BCUT2D eigenvalue weighted by molar-refractivity contribution is 0.242. The normalized spacial score (nSPS) is 29.3. The summed E-state index contributed by atoms with van der Waals surface area (Å²) in [6, 6.07) is 0. The third kappa shape index (κ3) is 3.69. The molecule has 0 spiro atoms. The first kappa shape index (κ1) is 19.5. The Morgan fingerprint density at radius 1 is 0.773 bits per heavy atom. The second kappa shape index (κ2) is 8.94. The summed E-state index contributed by atoms with van der Waals surface area (Å²) in [5.74, 6) is 0.805. The molecule has 0 bridgehead atoms. The predicted molar refractivity (Wildman–Crippen MR) is 101 cm³/mol. The molecule has 1 aliphatic rings. The van der Waals surface area contributed by atoms with E-state index in [-0.39, 0.29) is 0 Å². The van der Waals surface area contributed by atoms with Crippen LogP contribution in [0.25, 0.3) is 0 Å². The van der Waals surface area contributed by atoms with Crippen LogP contribution in [0.3, 0.4) is 0 Å². The minimum atomic E-state index is 0.459. The highest BCUT2D eigenvalue weighted by molar-refractivity contribution is 5.32. The van der Waals surface area contributed by atoms with Crippen molar-refractivity contribution < 1.29 is 0 Å². The van der Waals surface area contributed by atoms with E-state index in [1.165, 1.54) is 57.8 Å². The average molecular weight is 305 g/mol. The van der Waals surface area contributed by atoms with Gasteiger partial charge in [0.2, 0.25) is 0 Å². The number of rotatable bonds is 7. The molecule has 0 aromatic heterocycles. The third-order valence-corrected chi connectivity index (χ3v) is 6.51. The number of allylic oxidation sites excluding steroid dienone is 4. The van der Waals surface area contributed by atoms with Crippen LogP contribution in [0.2, 0.25) is 0 Å². The molecule has 0 radical (unpaired) electrons.